The van der Waals surface area contributed by atoms with Crippen molar-refractivity contribution < 1.29 is 19.8 Å². The number of rotatable bonds is 6. The predicted octanol–water partition coefficient (Wildman–Crippen LogP) is -1.47. The molecule has 1 aromatic heterocycles. The zero-order chi connectivity index (χ0) is 12.0. The molecule has 0 aromatic carbocycles. The van der Waals surface area contributed by atoms with E-state index in [1.165, 1.54) is 12.7 Å². The van der Waals surface area contributed by atoms with Crippen LogP contribution in [0, 0.1) is 6.67 Å². The largest absolute Gasteiger partial charge is 0.480 e. The Morgan fingerprint density at radius 3 is 2.31 bits per heavy atom. The van der Waals surface area contributed by atoms with Crippen LogP contribution >= 0.6 is 0 Å². The zero-order valence-corrected chi connectivity index (χ0v) is 7.86. The van der Waals surface area contributed by atoms with Gasteiger partial charge >= 0.3 is 11.9 Å². The summed E-state index contributed by atoms with van der Waals surface area (Å²) in [4.78, 5) is 31.8. The maximum Gasteiger partial charge on any atom is 0.332 e. The third-order valence-electron chi connectivity index (χ3n) is 1.44. The van der Waals surface area contributed by atoms with Gasteiger partial charge in [-0.1, -0.05) is 0 Å². The summed E-state index contributed by atoms with van der Waals surface area (Å²) in [6.45, 7) is 1.03. The summed E-state index contributed by atoms with van der Waals surface area (Å²) in [5, 5.41) is 21.6. The summed E-state index contributed by atoms with van der Waals surface area (Å²) in [6, 6.07) is -1.73. The highest BCUT2D eigenvalue weighted by molar-refractivity contribution is 5.97. The summed E-state index contributed by atoms with van der Waals surface area (Å²) >= 11 is 0. The lowest BCUT2D eigenvalue weighted by molar-refractivity contribution is -0.150. The third-order valence-corrected chi connectivity index (χ3v) is 1.44. The van der Waals surface area contributed by atoms with Gasteiger partial charge in [0.25, 0.3) is 0 Å². The first-order valence-corrected chi connectivity index (χ1v) is 4.03. The molecule has 1 heterocycles. The molecule has 85 valence electrons. The second-order valence-corrected chi connectivity index (χ2v) is 2.53. The second kappa shape index (κ2) is 5.56. The maximum absolute atomic E-state index is 10.5. The highest BCUT2D eigenvalue weighted by Crippen LogP contribution is 1.93. The molecule has 0 unspecified atom stereocenters. The number of aromatic nitrogens is 3. The highest BCUT2D eigenvalue weighted by Gasteiger charge is 2.24. The number of nitrogens with one attached hydrogen (secondary N) is 2. The van der Waals surface area contributed by atoms with Crippen LogP contribution in [0.25, 0.3) is 0 Å². The van der Waals surface area contributed by atoms with E-state index in [1.807, 2.05) is 0 Å². The van der Waals surface area contributed by atoms with Gasteiger partial charge in [-0.15, -0.1) is 0 Å². The Hall–Kier alpha value is -2.29. The van der Waals surface area contributed by atoms with Gasteiger partial charge in [0, 0.05) is 0 Å². The molecule has 9 nitrogen and oxygen atoms in total. The van der Waals surface area contributed by atoms with Crippen LogP contribution in [0.15, 0.2) is 12.7 Å². The van der Waals surface area contributed by atoms with Crippen molar-refractivity contribution in [3.05, 3.63) is 19.3 Å². The number of anilines is 1. The molecule has 1 rings (SSSR count). The summed E-state index contributed by atoms with van der Waals surface area (Å²) < 4.78 is 0. The van der Waals surface area contributed by atoms with Crippen molar-refractivity contribution in [2.24, 2.45) is 0 Å². The minimum Gasteiger partial charge on any atom is -0.480 e. The van der Waals surface area contributed by atoms with Gasteiger partial charge in [0.15, 0.2) is 0 Å². The van der Waals surface area contributed by atoms with Crippen LogP contribution in [-0.2, 0) is 9.59 Å². The van der Waals surface area contributed by atoms with Gasteiger partial charge in [0.1, 0.15) is 19.3 Å². The molecule has 1 aromatic rings. The molecule has 0 spiro atoms. The maximum atomic E-state index is 10.5. The molecule has 0 atom stereocenters. The van der Waals surface area contributed by atoms with Crippen LogP contribution < -0.4 is 10.6 Å². The number of hydrogen-bond acceptors (Lipinski definition) is 7. The predicted molar refractivity (Wildman–Crippen MR) is 49.9 cm³/mol. The van der Waals surface area contributed by atoms with Crippen molar-refractivity contribution in [3.8, 4) is 0 Å². The Balaban J connectivity index is 2.40. The molecule has 0 bridgehead atoms. The Bertz CT molecular complexity index is 356. The molecule has 4 N–H and O–H groups in total. The number of hydrogen-bond donors (Lipinski definition) is 4. The number of aliphatic carboxylic acids is 2. The quantitative estimate of drug-likeness (QED) is 0.428. The molecule has 0 amide bonds. The lowest BCUT2D eigenvalue weighted by Crippen LogP contribution is -2.43. The molecular weight excluding hydrogens is 218 g/mol. The van der Waals surface area contributed by atoms with Crippen LogP contribution in [0.5, 0.6) is 0 Å². The van der Waals surface area contributed by atoms with Crippen LogP contribution in [0.2, 0.25) is 0 Å². The topological polar surface area (TPSA) is 137 Å². The van der Waals surface area contributed by atoms with Gasteiger partial charge in [-0.05, 0) is 0 Å². The minimum atomic E-state index is -1.73. The molecule has 0 aliphatic rings. The van der Waals surface area contributed by atoms with Crippen LogP contribution in [0.4, 0.5) is 5.95 Å². The molecule has 0 aliphatic carbocycles. The first-order valence-electron chi connectivity index (χ1n) is 4.03. The lowest BCUT2D eigenvalue weighted by Gasteiger charge is -2.09. The summed E-state index contributed by atoms with van der Waals surface area (Å²) in [7, 11) is 0. The van der Waals surface area contributed by atoms with Crippen molar-refractivity contribution >= 4 is 17.9 Å². The number of nitrogens with zero attached hydrogens (tertiary/aromatic N) is 3. The molecule has 9 heteroatoms. The van der Waals surface area contributed by atoms with Crippen molar-refractivity contribution in [1.82, 2.24) is 20.3 Å². The van der Waals surface area contributed by atoms with E-state index in [1.54, 1.807) is 0 Å². The van der Waals surface area contributed by atoms with Gasteiger partial charge in [0.05, 0.1) is 0 Å². The average Bonchev–Trinajstić information content (AvgIpc) is 2.24. The number of carboxylic acids is 2. The Morgan fingerprint density at radius 2 is 1.81 bits per heavy atom. The van der Waals surface area contributed by atoms with Crippen molar-refractivity contribution in [1.29, 1.82) is 0 Å². The summed E-state index contributed by atoms with van der Waals surface area (Å²) in [5.74, 6) is -2.83. The third kappa shape index (κ3) is 3.46. The van der Waals surface area contributed by atoms with Crippen molar-refractivity contribution in [3.63, 3.8) is 0 Å². The standard InChI is InChI=1S/C7H8N5O4/c13-5(14)4(6(15)16)9-3-12-7-10-1-8-2-11-7/h1-4,9H,(H,13,14)(H,15,16)(H,8,10,11,12). The van der Waals surface area contributed by atoms with Crippen molar-refractivity contribution in [2.75, 3.05) is 5.32 Å². The van der Waals surface area contributed by atoms with E-state index in [4.69, 9.17) is 10.2 Å². The molecule has 0 saturated heterocycles. The first kappa shape index (κ1) is 11.8. The Kier molecular flexibility index (Phi) is 4.09. The monoisotopic (exact) mass is 226 g/mol. The van der Waals surface area contributed by atoms with E-state index < -0.39 is 18.0 Å². The van der Waals surface area contributed by atoms with Crippen LogP contribution in [0.1, 0.15) is 0 Å². The van der Waals surface area contributed by atoms with E-state index in [9.17, 15) is 9.59 Å². The van der Waals surface area contributed by atoms with E-state index >= 15 is 0 Å². The molecular formula is C7H8N5O4. The fourth-order valence-electron chi connectivity index (χ4n) is 0.751. The van der Waals surface area contributed by atoms with Gasteiger partial charge in [0.2, 0.25) is 12.0 Å². The summed E-state index contributed by atoms with van der Waals surface area (Å²) in [5.41, 5.74) is 0. The molecule has 0 saturated carbocycles. The smallest absolute Gasteiger partial charge is 0.332 e. The fourth-order valence-corrected chi connectivity index (χ4v) is 0.751. The van der Waals surface area contributed by atoms with Gasteiger partial charge in [-0.2, -0.15) is 0 Å². The highest BCUT2D eigenvalue weighted by atomic mass is 16.4. The summed E-state index contributed by atoms with van der Waals surface area (Å²) in [6.07, 6.45) is 2.46. The Morgan fingerprint density at radius 1 is 1.25 bits per heavy atom. The van der Waals surface area contributed by atoms with E-state index in [-0.39, 0.29) is 5.95 Å². The molecule has 16 heavy (non-hydrogen) atoms. The van der Waals surface area contributed by atoms with Crippen LogP contribution in [0.3, 0.4) is 0 Å². The normalized spacial score (nSPS) is 10.1. The molecule has 0 aliphatic heterocycles. The van der Waals surface area contributed by atoms with Gasteiger partial charge < -0.3 is 15.5 Å². The second-order valence-electron chi connectivity index (χ2n) is 2.53. The minimum absolute atomic E-state index is 0.164. The van der Waals surface area contributed by atoms with E-state index in [0.717, 1.165) is 6.67 Å². The van der Waals surface area contributed by atoms with Crippen molar-refractivity contribution in [2.45, 2.75) is 6.04 Å². The number of carbonyl (C=O) groups is 2. The van der Waals surface area contributed by atoms with Gasteiger partial charge in [-0.3, -0.25) is 5.32 Å². The van der Waals surface area contributed by atoms with Crippen LogP contribution in [-0.4, -0.2) is 43.1 Å². The molecule has 1 radical (unpaired) electrons. The van der Waals surface area contributed by atoms with Gasteiger partial charge in [-0.25, -0.2) is 24.5 Å². The average molecular weight is 226 g/mol. The van der Waals surface area contributed by atoms with E-state index in [0.29, 0.717) is 0 Å². The zero-order valence-electron chi connectivity index (χ0n) is 7.86. The lowest BCUT2D eigenvalue weighted by atomic mass is 10.3. The Labute approximate surface area is 89.6 Å². The SMILES string of the molecule is O=C(O)C(N[CH]Nc1ncncn1)C(=O)O. The molecule has 0 fully saturated rings. The number of carboxylic acid groups (broad SMARTS) is 2. The van der Waals surface area contributed by atoms with E-state index in [2.05, 4.69) is 25.6 Å². The fraction of sp³-hybridized carbons (Fsp3) is 0.143. The first-order chi connectivity index (χ1) is 7.61.